The lowest BCUT2D eigenvalue weighted by atomic mass is 10.1. The normalized spacial score (nSPS) is 14.5. The molecule has 158 valence electrons. The maximum atomic E-state index is 12.4. The summed E-state index contributed by atoms with van der Waals surface area (Å²) in [7, 11) is 0. The van der Waals surface area contributed by atoms with E-state index in [1.165, 1.54) is 12.1 Å². The molecule has 6 nitrogen and oxygen atoms in total. The van der Waals surface area contributed by atoms with E-state index < -0.39 is 30.1 Å². The molecule has 10 heteroatoms. The van der Waals surface area contributed by atoms with Crippen LogP contribution in [0, 0.1) is 0 Å². The van der Waals surface area contributed by atoms with E-state index in [4.69, 9.17) is 0 Å². The van der Waals surface area contributed by atoms with Crippen molar-refractivity contribution in [3.8, 4) is 5.75 Å². The number of carbonyl (C=O) groups excluding carboxylic acids is 3. The highest BCUT2D eigenvalue weighted by molar-refractivity contribution is 9.10. The first-order chi connectivity index (χ1) is 14.0. The first-order valence-corrected chi connectivity index (χ1v) is 9.65. The molecule has 0 bridgehead atoms. The Labute approximate surface area is 178 Å². The van der Waals surface area contributed by atoms with Gasteiger partial charge in [-0.1, -0.05) is 28.1 Å². The van der Waals surface area contributed by atoms with E-state index in [9.17, 15) is 27.6 Å². The van der Waals surface area contributed by atoms with E-state index in [0.717, 1.165) is 17.0 Å². The number of hydrogen-bond donors (Lipinski definition) is 1. The standard InChI is InChI=1S/C20H16BrF3N2O4/c1-11(12-2-5-14(6-3-12)30-20(22,23)24)25-17(27)8-9-26-18(28)15-7-4-13(21)10-16(15)19(26)29/h2-7,10-11H,8-9H2,1H3,(H,25,27). The predicted octanol–water partition coefficient (Wildman–Crippen LogP) is 4.21. The SMILES string of the molecule is CC(NC(=O)CCN1C(=O)c2ccc(Br)cc2C1=O)c1ccc(OC(F)(F)F)cc1. The van der Waals surface area contributed by atoms with Crippen LogP contribution >= 0.6 is 15.9 Å². The maximum Gasteiger partial charge on any atom is 0.573 e. The van der Waals surface area contributed by atoms with Gasteiger partial charge >= 0.3 is 6.36 Å². The van der Waals surface area contributed by atoms with Crippen molar-refractivity contribution >= 4 is 33.7 Å². The molecule has 1 N–H and O–H groups in total. The third-order valence-electron chi connectivity index (χ3n) is 4.49. The Morgan fingerprint density at radius 3 is 2.37 bits per heavy atom. The van der Waals surface area contributed by atoms with Gasteiger partial charge in [0, 0.05) is 17.4 Å². The molecule has 30 heavy (non-hydrogen) atoms. The van der Waals surface area contributed by atoms with Gasteiger partial charge in [-0.15, -0.1) is 13.2 Å². The molecule has 0 saturated carbocycles. The molecule has 1 atom stereocenters. The second kappa shape index (κ2) is 8.47. The van der Waals surface area contributed by atoms with Gasteiger partial charge in [-0.05, 0) is 42.8 Å². The van der Waals surface area contributed by atoms with Crippen LogP contribution in [0.3, 0.4) is 0 Å². The van der Waals surface area contributed by atoms with Crippen LogP contribution in [-0.4, -0.2) is 35.5 Å². The molecule has 1 aliphatic heterocycles. The van der Waals surface area contributed by atoms with Gasteiger partial charge in [0.15, 0.2) is 0 Å². The van der Waals surface area contributed by atoms with Gasteiger partial charge in [-0.25, -0.2) is 0 Å². The highest BCUT2D eigenvalue weighted by Crippen LogP contribution is 2.27. The molecule has 3 amide bonds. The van der Waals surface area contributed by atoms with Crippen LogP contribution in [0.5, 0.6) is 5.75 Å². The summed E-state index contributed by atoms with van der Waals surface area (Å²) in [4.78, 5) is 38.0. The fourth-order valence-corrected chi connectivity index (χ4v) is 3.40. The molecule has 0 spiro atoms. The van der Waals surface area contributed by atoms with Gasteiger partial charge < -0.3 is 10.1 Å². The molecule has 0 fully saturated rings. The molecule has 1 aliphatic rings. The summed E-state index contributed by atoms with van der Waals surface area (Å²) in [6.07, 6.45) is -4.88. The summed E-state index contributed by atoms with van der Waals surface area (Å²) in [6, 6.07) is 9.41. The minimum Gasteiger partial charge on any atom is -0.406 e. The van der Waals surface area contributed by atoms with Gasteiger partial charge in [0.05, 0.1) is 17.2 Å². The molecule has 3 rings (SSSR count). The smallest absolute Gasteiger partial charge is 0.406 e. The van der Waals surface area contributed by atoms with Crippen molar-refractivity contribution < 1.29 is 32.3 Å². The summed E-state index contributed by atoms with van der Waals surface area (Å²) in [5.41, 5.74) is 1.14. The molecule has 2 aromatic carbocycles. The Morgan fingerprint density at radius 2 is 1.73 bits per heavy atom. The zero-order chi connectivity index (χ0) is 22.1. The van der Waals surface area contributed by atoms with E-state index >= 15 is 0 Å². The summed E-state index contributed by atoms with van der Waals surface area (Å²) in [6.45, 7) is 1.58. The number of hydrogen-bond acceptors (Lipinski definition) is 4. The number of ether oxygens (including phenoxy) is 1. The van der Waals surface area contributed by atoms with Crippen molar-refractivity contribution in [3.05, 3.63) is 63.6 Å². The number of fused-ring (bicyclic) bond motifs is 1. The average Bonchev–Trinajstić information content (AvgIpc) is 2.89. The Morgan fingerprint density at radius 1 is 1.10 bits per heavy atom. The fraction of sp³-hybridized carbons (Fsp3) is 0.250. The second-order valence-electron chi connectivity index (χ2n) is 6.61. The number of nitrogens with one attached hydrogen (secondary N) is 1. The predicted molar refractivity (Wildman–Crippen MR) is 104 cm³/mol. The topological polar surface area (TPSA) is 75.7 Å². The second-order valence-corrected chi connectivity index (χ2v) is 7.52. The van der Waals surface area contributed by atoms with Crippen molar-refractivity contribution in [2.45, 2.75) is 25.7 Å². The van der Waals surface area contributed by atoms with Gasteiger partial charge in [0.2, 0.25) is 5.91 Å². The number of alkyl halides is 3. The zero-order valence-electron chi connectivity index (χ0n) is 15.6. The monoisotopic (exact) mass is 484 g/mol. The van der Waals surface area contributed by atoms with Crippen LogP contribution in [0.1, 0.15) is 45.7 Å². The third kappa shape index (κ3) is 4.99. The highest BCUT2D eigenvalue weighted by Gasteiger charge is 2.35. The number of carbonyl (C=O) groups is 3. The van der Waals surface area contributed by atoms with Gasteiger partial charge in [-0.3, -0.25) is 19.3 Å². The van der Waals surface area contributed by atoms with Gasteiger partial charge in [0.1, 0.15) is 5.75 Å². The summed E-state index contributed by atoms with van der Waals surface area (Å²) >= 11 is 3.25. The molecule has 0 saturated heterocycles. The van der Waals surface area contributed by atoms with Crippen LogP contribution in [-0.2, 0) is 4.79 Å². The molecule has 0 aliphatic carbocycles. The lowest BCUT2D eigenvalue weighted by molar-refractivity contribution is -0.274. The molecule has 2 aromatic rings. The van der Waals surface area contributed by atoms with E-state index in [2.05, 4.69) is 26.0 Å². The summed E-state index contributed by atoms with van der Waals surface area (Å²) < 4.78 is 41.1. The van der Waals surface area contributed by atoms with Crippen LogP contribution in [0.4, 0.5) is 13.2 Å². The van der Waals surface area contributed by atoms with Crippen molar-refractivity contribution in [1.82, 2.24) is 10.2 Å². The Kier molecular flexibility index (Phi) is 6.16. The number of rotatable bonds is 6. The maximum absolute atomic E-state index is 12.4. The lowest BCUT2D eigenvalue weighted by Gasteiger charge is -2.17. The number of halogens is 4. The van der Waals surface area contributed by atoms with Crippen molar-refractivity contribution in [2.75, 3.05) is 6.54 Å². The van der Waals surface area contributed by atoms with E-state index in [1.807, 2.05) is 0 Å². The van der Waals surface area contributed by atoms with Gasteiger partial charge in [0.25, 0.3) is 11.8 Å². The molecular formula is C20H16BrF3N2O4. The lowest BCUT2D eigenvalue weighted by Crippen LogP contribution is -2.35. The number of imide groups is 1. The van der Waals surface area contributed by atoms with Crippen LogP contribution in [0.25, 0.3) is 0 Å². The van der Waals surface area contributed by atoms with Crippen molar-refractivity contribution in [2.24, 2.45) is 0 Å². The summed E-state index contributed by atoms with van der Waals surface area (Å²) in [5.74, 6) is -1.68. The largest absolute Gasteiger partial charge is 0.573 e. The molecule has 1 heterocycles. The summed E-state index contributed by atoms with van der Waals surface area (Å²) in [5, 5.41) is 2.69. The van der Waals surface area contributed by atoms with Crippen LogP contribution < -0.4 is 10.1 Å². The molecular weight excluding hydrogens is 469 g/mol. The molecule has 0 radical (unpaired) electrons. The van der Waals surface area contributed by atoms with E-state index in [-0.39, 0.29) is 29.8 Å². The van der Waals surface area contributed by atoms with Crippen molar-refractivity contribution in [3.63, 3.8) is 0 Å². The number of benzene rings is 2. The van der Waals surface area contributed by atoms with E-state index in [1.54, 1.807) is 25.1 Å². The zero-order valence-corrected chi connectivity index (χ0v) is 17.2. The minimum absolute atomic E-state index is 0.0825. The number of nitrogens with zero attached hydrogens (tertiary/aromatic N) is 1. The Hall–Kier alpha value is -2.88. The van der Waals surface area contributed by atoms with E-state index in [0.29, 0.717) is 10.0 Å². The van der Waals surface area contributed by atoms with Crippen LogP contribution in [0.2, 0.25) is 0 Å². The average molecular weight is 485 g/mol. The Balaban J connectivity index is 1.55. The van der Waals surface area contributed by atoms with Crippen molar-refractivity contribution in [1.29, 1.82) is 0 Å². The third-order valence-corrected chi connectivity index (χ3v) is 4.98. The first kappa shape index (κ1) is 21.8. The molecule has 1 unspecified atom stereocenters. The Bertz CT molecular complexity index is 993. The molecule has 0 aromatic heterocycles. The number of amides is 3. The highest BCUT2D eigenvalue weighted by atomic mass is 79.9. The quantitative estimate of drug-likeness (QED) is 0.623. The minimum atomic E-state index is -4.78. The van der Waals surface area contributed by atoms with Crippen LogP contribution in [0.15, 0.2) is 46.9 Å². The first-order valence-electron chi connectivity index (χ1n) is 8.86. The fourth-order valence-electron chi connectivity index (χ4n) is 3.03. The van der Waals surface area contributed by atoms with Gasteiger partial charge in [-0.2, -0.15) is 0 Å².